The Labute approximate surface area is 128 Å². The third kappa shape index (κ3) is 3.23. The maximum atomic E-state index is 10.6. The Hall–Kier alpha value is -3.64. The minimum absolute atomic E-state index is 1.10. The fourth-order valence-corrected chi connectivity index (χ4v) is 1.38. The second-order valence-electron chi connectivity index (χ2n) is 4.02. The summed E-state index contributed by atoms with van der Waals surface area (Å²) < 4.78 is 0. The molecule has 0 fully saturated rings. The first kappa shape index (κ1) is 20.4. The molecule has 0 unspecified atom stereocenters. The Kier molecular flexibility index (Phi) is 6.01. The van der Waals surface area contributed by atoms with Gasteiger partial charge in [-0.1, -0.05) is 0 Å². The first-order valence-corrected chi connectivity index (χ1v) is 5.45. The van der Waals surface area contributed by atoms with Crippen molar-refractivity contribution in [3.63, 3.8) is 0 Å². The normalized spacial score (nSPS) is 11.5. The smallest absolute Gasteiger partial charge is 0.296 e. The monoisotopic (exact) mass is 357 g/mol. The van der Waals surface area contributed by atoms with Crippen LogP contribution in [0.2, 0.25) is 0 Å². The minimum Gasteiger partial charge on any atom is -0.296 e. The second-order valence-corrected chi connectivity index (χ2v) is 4.02. The lowest BCUT2D eigenvalue weighted by atomic mass is 10.2. The molecule has 0 aliphatic carbocycles. The van der Waals surface area contributed by atoms with Gasteiger partial charge in [-0.3, -0.25) is 66.0 Å². The number of nitrogens with zero attached hydrogens (tertiary/aromatic N) is 6. The van der Waals surface area contributed by atoms with Crippen molar-refractivity contribution in [3.05, 3.63) is 60.7 Å². The summed E-state index contributed by atoms with van der Waals surface area (Å²) in [6, 6.07) is 0. The van der Waals surface area contributed by atoms with Crippen LogP contribution in [0.25, 0.3) is 0 Å². The molecule has 0 saturated heterocycles. The van der Waals surface area contributed by atoms with Gasteiger partial charge in [-0.2, -0.15) is 0 Å². The lowest BCUT2D eigenvalue weighted by Crippen LogP contribution is -2.60. The first-order chi connectivity index (χ1) is 10.9. The highest BCUT2D eigenvalue weighted by atomic mass is 16.7. The highest BCUT2D eigenvalue weighted by molar-refractivity contribution is 4.62. The highest BCUT2D eigenvalue weighted by Gasteiger charge is 2.71. The average molecular weight is 357 g/mol. The summed E-state index contributed by atoms with van der Waals surface area (Å²) >= 11 is 0. The van der Waals surface area contributed by atoms with E-state index in [2.05, 4.69) is 0 Å². The molecule has 134 valence electrons. The summed E-state index contributed by atoms with van der Waals surface area (Å²) in [5.41, 5.74) is 0. The van der Waals surface area contributed by atoms with Gasteiger partial charge < -0.3 is 0 Å². The Morgan fingerprint density at radius 3 is 1.12 bits per heavy atom. The average Bonchev–Trinajstić information content (AvgIpc) is 2.40. The minimum atomic E-state index is -3.96. The van der Waals surface area contributed by atoms with Crippen LogP contribution in [-0.2, 0) is 0 Å². The summed E-state index contributed by atoms with van der Waals surface area (Å²) in [7, 11) is 0. The predicted molar refractivity (Wildman–Crippen MR) is 64.9 cm³/mol. The summed E-state index contributed by atoms with van der Waals surface area (Å²) in [5.74, 6) is -7.87. The summed E-state index contributed by atoms with van der Waals surface area (Å²) in [5, 5.41) is 65.2. The van der Waals surface area contributed by atoms with Crippen molar-refractivity contribution in [1.29, 1.82) is 0 Å². The van der Waals surface area contributed by atoms with Crippen LogP contribution in [0, 0.1) is 60.7 Å². The van der Waals surface area contributed by atoms with Gasteiger partial charge >= 0.3 is 11.6 Å². The van der Waals surface area contributed by atoms with Crippen molar-refractivity contribution in [2.75, 3.05) is 13.1 Å². The molecule has 1 N–H and O–H groups in total. The summed E-state index contributed by atoms with van der Waals surface area (Å²) in [4.78, 5) is 52.4. The quantitative estimate of drug-likeness (QED) is 0.180. The molecular formula is C5H7N7O12. The molecule has 0 aromatic carbocycles. The molecule has 24 heavy (non-hydrogen) atoms. The third-order valence-corrected chi connectivity index (χ3v) is 2.75. The van der Waals surface area contributed by atoms with Gasteiger partial charge in [0.05, 0.1) is 0 Å². The van der Waals surface area contributed by atoms with Crippen molar-refractivity contribution < 1.29 is 29.5 Å². The van der Waals surface area contributed by atoms with Crippen LogP contribution in [0.4, 0.5) is 0 Å². The van der Waals surface area contributed by atoms with E-state index in [1.54, 1.807) is 5.32 Å². The van der Waals surface area contributed by atoms with Crippen LogP contribution in [0.1, 0.15) is 6.42 Å². The van der Waals surface area contributed by atoms with E-state index in [0.29, 0.717) is 0 Å². The first-order valence-electron chi connectivity index (χ1n) is 5.45. The van der Waals surface area contributed by atoms with Crippen LogP contribution < -0.4 is 5.32 Å². The van der Waals surface area contributed by atoms with E-state index in [4.69, 9.17) is 0 Å². The third-order valence-electron chi connectivity index (χ3n) is 2.75. The van der Waals surface area contributed by atoms with Crippen molar-refractivity contribution in [2.45, 2.75) is 18.0 Å². The second kappa shape index (κ2) is 7.08. The number of hydrogen-bond donors (Lipinski definition) is 1. The van der Waals surface area contributed by atoms with E-state index >= 15 is 0 Å². The fraction of sp³-hybridized carbons (Fsp3) is 1.00. The van der Waals surface area contributed by atoms with Gasteiger partial charge in [-0.15, -0.1) is 0 Å². The van der Waals surface area contributed by atoms with Gasteiger partial charge in [-0.25, -0.2) is 0 Å². The zero-order chi connectivity index (χ0) is 19.3. The van der Waals surface area contributed by atoms with Crippen LogP contribution in [0.5, 0.6) is 0 Å². The maximum absolute atomic E-state index is 10.6. The molecule has 0 saturated carbocycles. The van der Waals surface area contributed by atoms with E-state index in [1.165, 1.54) is 0 Å². The Morgan fingerprint density at radius 1 is 0.583 bits per heavy atom. The van der Waals surface area contributed by atoms with Gasteiger partial charge in [0.1, 0.15) is 0 Å². The van der Waals surface area contributed by atoms with Crippen molar-refractivity contribution in [2.24, 2.45) is 0 Å². The number of hydrogen-bond acceptors (Lipinski definition) is 13. The highest BCUT2D eigenvalue weighted by Crippen LogP contribution is 2.17. The van der Waals surface area contributed by atoms with Crippen LogP contribution in [0.3, 0.4) is 0 Å². The largest absolute Gasteiger partial charge is 0.712 e. The molecule has 0 amide bonds. The van der Waals surface area contributed by atoms with Crippen LogP contribution >= 0.6 is 0 Å². The van der Waals surface area contributed by atoms with Crippen molar-refractivity contribution in [1.82, 2.24) is 5.32 Å². The number of nitrogens with one attached hydrogen (secondary N) is 1. The molecule has 0 bridgehead atoms. The molecule has 0 aliphatic heterocycles. The van der Waals surface area contributed by atoms with E-state index < -0.39 is 60.6 Å². The SMILES string of the molecule is O=[N+]([O-])C(CCNCC([N+](=O)[O-])([N+](=O)[O-])[N+](=O)[O-])([N+](=O)[O-])[N+](=O)[O-]. The standard InChI is InChI=1S/C5H7N7O12/c13-7(14)4(8(15)16,9(17)18)1-2-6-3-5(10(19)20,11(21)22)12(23)24/h6H,1-3H2. The number of rotatable bonds is 11. The van der Waals surface area contributed by atoms with Crippen LogP contribution in [-0.4, -0.2) is 54.2 Å². The van der Waals surface area contributed by atoms with E-state index in [0.717, 1.165) is 0 Å². The molecule has 0 aromatic heterocycles. The Bertz CT molecular complexity index is 477. The molecule has 0 spiro atoms. The Balaban J connectivity index is 5.28. The molecule has 19 heteroatoms. The van der Waals surface area contributed by atoms with E-state index in [-0.39, 0.29) is 0 Å². The molecule has 0 heterocycles. The molecular weight excluding hydrogens is 350 g/mol. The molecule has 0 aromatic rings. The molecule has 0 rings (SSSR count). The Morgan fingerprint density at radius 2 is 0.875 bits per heavy atom. The van der Waals surface area contributed by atoms with Gasteiger partial charge in [0.2, 0.25) is 6.54 Å². The topological polar surface area (TPSA) is 271 Å². The van der Waals surface area contributed by atoms with Gasteiger partial charge in [0, 0.05) is 6.54 Å². The molecule has 0 aliphatic rings. The lowest BCUT2D eigenvalue weighted by Gasteiger charge is -2.11. The van der Waals surface area contributed by atoms with E-state index in [1.807, 2.05) is 0 Å². The van der Waals surface area contributed by atoms with Gasteiger partial charge in [0.15, 0.2) is 36.0 Å². The van der Waals surface area contributed by atoms with Crippen molar-refractivity contribution in [3.8, 4) is 0 Å². The predicted octanol–water partition coefficient (Wildman–Crippen LogP) is -2.07. The molecule has 19 nitrogen and oxygen atoms in total. The lowest BCUT2D eigenvalue weighted by molar-refractivity contribution is -0.971. The molecule has 0 atom stereocenters. The van der Waals surface area contributed by atoms with Gasteiger partial charge in [0.25, 0.3) is 0 Å². The number of nitro groups is 6. The van der Waals surface area contributed by atoms with Gasteiger partial charge in [-0.05, 0) is 0 Å². The molecule has 0 radical (unpaired) electrons. The maximum Gasteiger partial charge on any atom is 0.712 e. The fourth-order valence-electron chi connectivity index (χ4n) is 1.38. The van der Waals surface area contributed by atoms with Crippen molar-refractivity contribution >= 4 is 0 Å². The zero-order valence-electron chi connectivity index (χ0n) is 11.2. The zero-order valence-corrected chi connectivity index (χ0v) is 11.2. The summed E-state index contributed by atoms with van der Waals surface area (Å²) in [6.45, 7) is -2.72. The van der Waals surface area contributed by atoms with E-state index in [9.17, 15) is 60.7 Å². The van der Waals surface area contributed by atoms with Crippen LogP contribution in [0.15, 0.2) is 0 Å². The summed E-state index contributed by atoms with van der Waals surface area (Å²) in [6.07, 6.45) is -1.48.